The second-order valence-corrected chi connectivity index (χ2v) is 3.96. The molecule has 2 aromatic rings. The Hall–Kier alpha value is -2.30. The molecule has 1 aromatic carbocycles. The van der Waals surface area contributed by atoms with Crippen molar-refractivity contribution in [1.82, 2.24) is 9.55 Å². The molecule has 0 spiro atoms. The molecule has 0 aliphatic heterocycles. The van der Waals surface area contributed by atoms with E-state index in [1.807, 2.05) is 24.3 Å². The van der Waals surface area contributed by atoms with Gasteiger partial charge in [-0.2, -0.15) is 0 Å². The predicted molar refractivity (Wildman–Crippen MR) is 66.9 cm³/mol. The van der Waals surface area contributed by atoms with E-state index in [-0.39, 0.29) is 5.69 Å². The number of hydrogen-bond acceptors (Lipinski definition) is 3. The lowest BCUT2D eigenvalue weighted by molar-refractivity contribution is 0.0690. The van der Waals surface area contributed by atoms with Gasteiger partial charge in [-0.3, -0.25) is 0 Å². The van der Waals surface area contributed by atoms with Crippen LogP contribution in [-0.2, 0) is 7.05 Å². The maximum atomic E-state index is 11.0. The zero-order valence-electron chi connectivity index (χ0n) is 10.5. The summed E-state index contributed by atoms with van der Waals surface area (Å²) in [5.41, 5.74) is 1.57. The first-order valence-electron chi connectivity index (χ1n) is 5.45. The Kier molecular flexibility index (Phi) is 3.06. The normalized spacial score (nSPS) is 10.4. The third-order valence-electron chi connectivity index (χ3n) is 2.93. The first kappa shape index (κ1) is 12.2. The smallest absolute Gasteiger partial charge is 0.356 e. The Balaban J connectivity index is 2.50. The molecule has 18 heavy (non-hydrogen) atoms. The van der Waals surface area contributed by atoms with Crippen molar-refractivity contribution in [1.29, 1.82) is 0 Å². The molecule has 0 bridgehead atoms. The topological polar surface area (TPSA) is 64.3 Å². The van der Waals surface area contributed by atoms with Crippen LogP contribution in [0.1, 0.15) is 16.2 Å². The first-order chi connectivity index (χ1) is 8.54. The van der Waals surface area contributed by atoms with Gasteiger partial charge in [0.2, 0.25) is 0 Å². The number of carboxylic acids is 1. The zero-order chi connectivity index (χ0) is 13.3. The van der Waals surface area contributed by atoms with E-state index in [0.717, 1.165) is 11.3 Å². The molecule has 0 radical (unpaired) electrons. The molecule has 5 heteroatoms. The van der Waals surface area contributed by atoms with Gasteiger partial charge in [0.15, 0.2) is 5.69 Å². The number of imidazole rings is 1. The van der Waals surface area contributed by atoms with Crippen molar-refractivity contribution in [2.24, 2.45) is 7.05 Å². The number of aromatic nitrogens is 2. The second-order valence-electron chi connectivity index (χ2n) is 3.96. The van der Waals surface area contributed by atoms with Gasteiger partial charge in [0, 0.05) is 18.3 Å². The second kappa shape index (κ2) is 4.52. The number of rotatable bonds is 3. The molecule has 1 N–H and O–H groups in total. The number of nitrogens with zero attached hydrogens (tertiary/aromatic N) is 2. The molecule has 94 valence electrons. The Morgan fingerprint density at radius 3 is 2.39 bits per heavy atom. The zero-order valence-corrected chi connectivity index (χ0v) is 10.5. The number of ether oxygens (including phenoxy) is 1. The molecule has 2 rings (SSSR count). The third kappa shape index (κ3) is 1.95. The van der Waals surface area contributed by atoms with Crippen LogP contribution in [0.2, 0.25) is 0 Å². The van der Waals surface area contributed by atoms with E-state index in [0.29, 0.717) is 11.5 Å². The summed E-state index contributed by atoms with van der Waals surface area (Å²) in [5, 5.41) is 9.04. The van der Waals surface area contributed by atoms with Crippen LogP contribution in [-0.4, -0.2) is 27.7 Å². The molecule has 0 aliphatic carbocycles. The number of carbonyl (C=O) groups is 1. The number of aromatic carboxylic acids is 1. The summed E-state index contributed by atoms with van der Waals surface area (Å²) < 4.78 is 6.85. The van der Waals surface area contributed by atoms with Crippen molar-refractivity contribution in [2.45, 2.75) is 6.92 Å². The van der Waals surface area contributed by atoms with Gasteiger partial charge in [-0.25, -0.2) is 9.78 Å². The summed E-state index contributed by atoms with van der Waals surface area (Å²) in [7, 11) is 3.40. The molecule has 0 aliphatic rings. The summed E-state index contributed by atoms with van der Waals surface area (Å²) in [6.07, 6.45) is 0. The fourth-order valence-electron chi connectivity index (χ4n) is 1.78. The van der Waals surface area contributed by atoms with E-state index in [9.17, 15) is 4.79 Å². The van der Waals surface area contributed by atoms with Gasteiger partial charge in [0.05, 0.1) is 7.11 Å². The lowest BCUT2D eigenvalue weighted by atomic mass is 10.2. The molecule has 0 amide bonds. The molecular weight excluding hydrogens is 232 g/mol. The summed E-state index contributed by atoms with van der Waals surface area (Å²) in [6, 6.07) is 7.35. The number of methoxy groups -OCH3 is 1. The van der Waals surface area contributed by atoms with Crippen LogP contribution < -0.4 is 4.74 Å². The average molecular weight is 246 g/mol. The summed E-state index contributed by atoms with van der Waals surface area (Å²) in [4.78, 5) is 15.2. The quantitative estimate of drug-likeness (QED) is 0.900. The molecule has 0 saturated carbocycles. The number of benzene rings is 1. The Morgan fingerprint density at radius 1 is 1.33 bits per heavy atom. The van der Waals surface area contributed by atoms with Crippen LogP contribution in [0.15, 0.2) is 24.3 Å². The van der Waals surface area contributed by atoms with Crippen molar-refractivity contribution < 1.29 is 14.6 Å². The highest BCUT2D eigenvalue weighted by Crippen LogP contribution is 2.23. The average Bonchev–Trinajstić information content (AvgIpc) is 2.67. The highest BCUT2D eigenvalue weighted by molar-refractivity contribution is 5.87. The van der Waals surface area contributed by atoms with Gasteiger partial charge in [-0.1, -0.05) is 0 Å². The Labute approximate surface area is 105 Å². The van der Waals surface area contributed by atoms with Crippen LogP contribution in [0.5, 0.6) is 5.75 Å². The molecular formula is C13H14N2O3. The van der Waals surface area contributed by atoms with E-state index < -0.39 is 5.97 Å². The minimum Gasteiger partial charge on any atom is -0.497 e. The van der Waals surface area contributed by atoms with Crippen molar-refractivity contribution >= 4 is 5.97 Å². The van der Waals surface area contributed by atoms with Crippen molar-refractivity contribution in [3.05, 3.63) is 35.7 Å². The van der Waals surface area contributed by atoms with Crippen molar-refractivity contribution in [3.63, 3.8) is 0 Å². The van der Waals surface area contributed by atoms with Gasteiger partial charge in [-0.05, 0) is 31.2 Å². The highest BCUT2D eigenvalue weighted by Gasteiger charge is 2.17. The summed E-state index contributed by atoms with van der Waals surface area (Å²) >= 11 is 0. The standard InChI is InChI=1S/C13H14N2O3/c1-8-11(13(16)17)14-12(15(8)2)9-4-6-10(18-3)7-5-9/h4-7H,1-3H3,(H,16,17). The van der Waals surface area contributed by atoms with E-state index >= 15 is 0 Å². The molecule has 1 heterocycles. The van der Waals surface area contributed by atoms with E-state index in [4.69, 9.17) is 9.84 Å². The SMILES string of the molecule is COc1ccc(-c2nc(C(=O)O)c(C)n2C)cc1. The summed E-state index contributed by atoms with van der Waals surface area (Å²) in [6.45, 7) is 1.74. The van der Waals surface area contributed by atoms with Gasteiger partial charge >= 0.3 is 5.97 Å². The number of hydrogen-bond donors (Lipinski definition) is 1. The maximum absolute atomic E-state index is 11.0. The minimum absolute atomic E-state index is 0.0864. The lowest BCUT2D eigenvalue weighted by Gasteiger charge is -2.04. The summed E-state index contributed by atoms with van der Waals surface area (Å²) in [5.74, 6) is 0.374. The van der Waals surface area contributed by atoms with E-state index in [1.54, 1.807) is 25.6 Å². The van der Waals surface area contributed by atoms with Gasteiger partial charge in [0.25, 0.3) is 0 Å². The lowest BCUT2D eigenvalue weighted by Crippen LogP contribution is -2.00. The fraction of sp³-hybridized carbons (Fsp3) is 0.231. The monoisotopic (exact) mass is 246 g/mol. The molecule has 5 nitrogen and oxygen atoms in total. The Morgan fingerprint density at radius 2 is 1.94 bits per heavy atom. The van der Waals surface area contributed by atoms with E-state index in [2.05, 4.69) is 4.98 Å². The predicted octanol–water partition coefficient (Wildman–Crippen LogP) is 2.10. The van der Waals surface area contributed by atoms with Crippen LogP contribution in [0.4, 0.5) is 0 Å². The van der Waals surface area contributed by atoms with E-state index in [1.165, 1.54) is 0 Å². The van der Waals surface area contributed by atoms with Crippen molar-refractivity contribution in [2.75, 3.05) is 7.11 Å². The van der Waals surface area contributed by atoms with Crippen LogP contribution in [0.25, 0.3) is 11.4 Å². The first-order valence-corrected chi connectivity index (χ1v) is 5.45. The van der Waals surface area contributed by atoms with Crippen LogP contribution in [0.3, 0.4) is 0 Å². The third-order valence-corrected chi connectivity index (χ3v) is 2.93. The maximum Gasteiger partial charge on any atom is 0.356 e. The molecule has 1 aromatic heterocycles. The van der Waals surface area contributed by atoms with Gasteiger partial charge < -0.3 is 14.4 Å². The largest absolute Gasteiger partial charge is 0.497 e. The van der Waals surface area contributed by atoms with Crippen LogP contribution in [0, 0.1) is 6.92 Å². The molecule has 0 unspecified atom stereocenters. The van der Waals surface area contributed by atoms with Crippen LogP contribution >= 0.6 is 0 Å². The van der Waals surface area contributed by atoms with Crippen molar-refractivity contribution in [3.8, 4) is 17.1 Å². The molecule has 0 atom stereocenters. The van der Waals surface area contributed by atoms with Gasteiger partial charge in [0.1, 0.15) is 11.6 Å². The number of carboxylic acid groups (broad SMARTS) is 1. The minimum atomic E-state index is -1.01. The highest BCUT2D eigenvalue weighted by atomic mass is 16.5. The fourth-order valence-corrected chi connectivity index (χ4v) is 1.78. The van der Waals surface area contributed by atoms with Gasteiger partial charge in [-0.15, -0.1) is 0 Å². The molecule has 0 saturated heterocycles. The Bertz CT molecular complexity index is 585. The molecule has 0 fully saturated rings.